The van der Waals surface area contributed by atoms with Crippen LogP contribution in [0.25, 0.3) is 0 Å². The number of amides is 1. The van der Waals surface area contributed by atoms with Gasteiger partial charge in [-0.25, -0.2) is 9.37 Å². The first-order valence-electron chi connectivity index (χ1n) is 6.38. The van der Waals surface area contributed by atoms with Gasteiger partial charge >= 0.3 is 0 Å². The van der Waals surface area contributed by atoms with E-state index in [0.29, 0.717) is 17.8 Å². The highest BCUT2D eigenvalue weighted by atomic mass is 19.1. The Morgan fingerprint density at radius 3 is 2.85 bits per heavy atom. The average Bonchev–Trinajstić information content (AvgIpc) is 2.95. The van der Waals surface area contributed by atoms with Gasteiger partial charge in [-0.05, 0) is 25.5 Å². The topological polar surface area (TPSA) is 83.8 Å². The fourth-order valence-corrected chi connectivity index (χ4v) is 1.90. The number of aromatic nitrogens is 2. The third-order valence-electron chi connectivity index (χ3n) is 3.21. The van der Waals surface area contributed by atoms with Gasteiger partial charge in [-0.3, -0.25) is 4.79 Å². The summed E-state index contributed by atoms with van der Waals surface area (Å²) < 4.78 is 13.6. The maximum atomic E-state index is 13.6. The van der Waals surface area contributed by atoms with Gasteiger partial charge in [0.2, 0.25) is 0 Å². The molecule has 1 unspecified atom stereocenters. The molecular formula is C14H17FN4O. The number of nitrogen functional groups attached to an aromatic ring is 1. The summed E-state index contributed by atoms with van der Waals surface area (Å²) in [5.74, 6) is -0.193. The summed E-state index contributed by atoms with van der Waals surface area (Å²) in [6, 6.07) is 2.42. The zero-order valence-electron chi connectivity index (χ0n) is 11.4. The van der Waals surface area contributed by atoms with E-state index in [4.69, 9.17) is 5.73 Å². The highest BCUT2D eigenvalue weighted by Crippen LogP contribution is 2.19. The normalized spacial score (nSPS) is 12.2. The van der Waals surface area contributed by atoms with E-state index in [-0.39, 0.29) is 23.2 Å². The van der Waals surface area contributed by atoms with Crippen LogP contribution < -0.4 is 11.1 Å². The van der Waals surface area contributed by atoms with Gasteiger partial charge in [-0.15, -0.1) is 0 Å². The van der Waals surface area contributed by atoms with E-state index in [9.17, 15) is 9.18 Å². The molecule has 0 spiro atoms. The van der Waals surface area contributed by atoms with E-state index >= 15 is 0 Å². The van der Waals surface area contributed by atoms with Crippen LogP contribution in [0.15, 0.2) is 24.5 Å². The highest BCUT2D eigenvalue weighted by molar-refractivity contribution is 5.95. The molecule has 4 N–H and O–H groups in total. The summed E-state index contributed by atoms with van der Waals surface area (Å²) in [5.41, 5.74) is 6.49. The Labute approximate surface area is 116 Å². The lowest BCUT2D eigenvalue weighted by molar-refractivity contribution is 0.0933. The number of halogens is 1. The monoisotopic (exact) mass is 276 g/mol. The van der Waals surface area contributed by atoms with E-state index in [1.165, 1.54) is 12.1 Å². The number of hydrogen-bond acceptors (Lipinski definition) is 3. The van der Waals surface area contributed by atoms with Crippen molar-refractivity contribution in [1.82, 2.24) is 15.3 Å². The average molecular weight is 276 g/mol. The van der Waals surface area contributed by atoms with Crippen molar-refractivity contribution in [2.24, 2.45) is 0 Å². The minimum Gasteiger partial charge on any atom is -0.398 e. The lowest BCUT2D eigenvalue weighted by atomic mass is 10.1. The number of hydrogen-bond donors (Lipinski definition) is 3. The third kappa shape index (κ3) is 2.79. The van der Waals surface area contributed by atoms with E-state index in [1.807, 2.05) is 6.92 Å². The number of anilines is 1. The molecule has 0 saturated heterocycles. The summed E-state index contributed by atoms with van der Waals surface area (Å²) in [5, 5.41) is 2.80. The Hall–Kier alpha value is -2.37. The molecule has 1 aromatic carbocycles. The molecule has 1 aromatic heterocycles. The van der Waals surface area contributed by atoms with Crippen LogP contribution in [0.3, 0.4) is 0 Å². The van der Waals surface area contributed by atoms with Crippen LogP contribution in [0.1, 0.15) is 41.1 Å². The van der Waals surface area contributed by atoms with E-state index < -0.39 is 5.82 Å². The Bertz CT molecular complexity index is 587. The van der Waals surface area contributed by atoms with Crippen molar-refractivity contribution in [3.63, 3.8) is 0 Å². The molecule has 0 aliphatic carbocycles. The number of H-pyrrole nitrogens is 1. The second-order valence-electron chi connectivity index (χ2n) is 4.58. The van der Waals surface area contributed by atoms with Crippen molar-refractivity contribution in [3.8, 4) is 0 Å². The molecule has 0 bridgehead atoms. The van der Waals surface area contributed by atoms with Crippen LogP contribution in [0, 0.1) is 12.7 Å². The molecule has 20 heavy (non-hydrogen) atoms. The van der Waals surface area contributed by atoms with Crippen molar-refractivity contribution in [1.29, 1.82) is 0 Å². The fraction of sp³-hybridized carbons (Fsp3) is 0.286. The van der Waals surface area contributed by atoms with Gasteiger partial charge in [0.25, 0.3) is 5.91 Å². The summed E-state index contributed by atoms with van der Waals surface area (Å²) in [4.78, 5) is 19.2. The van der Waals surface area contributed by atoms with Crippen molar-refractivity contribution in [3.05, 3.63) is 47.3 Å². The summed E-state index contributed by atoms with van der Waals surface area (Å²) in [7, 11) is 0. The van der Waals surface area contributed by atoms with Crippen molar-refractivity contribution < 1.29 is 9.18 Å². The third-order valence-corrected chi connectivity index (χ3v) is 3.21. The lowest BCUT2D eigenvalue weighted by Crippen LogP contribution is -2.29. The van der Waals surface area contributed by atoms with Crippen LogP contribution in [0.4, 0.5) is 10.1 Å². The molecule has 1 heterocycles. The summed E-state index contributed by atoms with van der Waals surface area (Å²) >= 11 is 0. The lowest BCUT2D eigenvalue weighted by Gasteiger charge is -2.15. The molecule has 2 rings (SSSR count). The predicted octanol–water partition coefficient (Wildman–Crippen LogP) is 2.32. The maximum Gasteiger partial charge on any atom is 0.252 e. The highest BCUT2D eigenvalue weighted by Gasteiger charge is 2.17. The molecule has 5 nitrogen and oxygen atoms in total. The van der Waals surface area contributed by atoms with Crippen LogP contribution >= 0.6 is 0 Å². The fourth-order valence-electron chi connectivity index (χ4n) is 1.90. The van der Waals surface area contributed by atoms with E-state index in [0.717, 1.165) is 0 Å². The van der Waals surface area contributed by atoms with Gasteiger partial charge in [0.05, 0.1) is 6.04 Å². The Morgan fingerprint density at radius 2 is 2.30 bits per heavy atom. The molecule has 6 heteroatoms. The minimum absolute atomic E-state index is 0.204. The smallest absolute Gasteiger partial charge is 0.252 e. The molecule has 106 valence electrons. The first-order chi connectivity index (χ1) is 9.52. The largest absolute Gasteiger partial charge is 0.398 e. The van der Waals surface area contributed by atoms with E-state index in [1.54, 1.807) is 19.3 Å². The SMILES string of the molecule is CCC(NC(=O)c1cc(N)c(C)c(F)c1)c1ncc[nH]1. The Morgan fingerprint density at radius 1 is 1.55 bits per heavy atom. The number of nitrogens with two attached hydrogens (primary N) is 1. The minimum atomic E-state index is -0.485. The number of carbonyl (C=O) groups is 1. The van der Waals surface area contributed by atoms with Gasteiger partial charge in [0.15, 0.2) is 0 Å². The first kappa shape index (κ1) is 14.0. The number of carbonyl (C=O) groups excluding carboxylic acids is 1. The van der Waals surface area contributed by atoms with Crippen LogP contribution in [0.2, 0.25) is 0 Å². The zero-order chi connectivity index (χ0) is 14.7. The number of aromatic amines is 1. The Balaban J connectivity index is 2.19. The van der Waals surface area contributed by atoms with Gasteiger partial charge in [0.1, 0.15) is 11.6 Å². The van der Waals surface area contributed by atoms with Crippen molar-refractivity contribution in [2.75, 3.05) is 5.73 Å². The van der Waals surface area contributed by atoms with Gasteiger partial charge < -0.3 is 16.0 Å². The maximum absolute atomic E-state index is 13.6. The summed E-state index contributed by atoms with van der Waals surface area (Å²) in [6.07, 6.45) is 3.98. The molecule has 0 aliphatic heterocycles. The summed E-state index contributed by atoms with van der Waals surface area (Å²) in [6.45, 7) is 3.50. The van der Waals surface area contributed by atoms with Gasteiger partial charge in [-0.1, -0.05) is 6.92 Å². The number of benzene rings is 1. The van der Waals surface area contributed by atoms with Gasteiger partial charge in [-0.2, -0.15) is 0 Å². The number of nitrogens with one attached hydrogen (secondary N) is 2. The van der Waals surface area contributed by atoms with Crippen molar-refractivity contribution in [2.45, 2.75) is 26.3 Å². The number of rotatable bonds is 4. The predicted molar refractivity (Wildman–Crippen MR) is 74.6 cm³/mol. The molecule has 0 aliphatic rings. The van der Waals surface area contributed by atoms with E-state index in [2.05, 4.69) is 15.3 Å². The molecular weight excluding hydrogens is 259 g/mol. The standard InChI is InChI=1S/C14H17FN4O/c1-3-12(13-17-4-5-18-13)19-14(20)9-6-10(15)8(2)11(16)7-9/h4-7,12H,3,16H2,1-2H3,(H,17,18)(H,19,20). The molecule has 0 saturated carbocycles. The number of imidazole rings is 1. The van der Waals surface area contributed by atoms with Crippen molar-refractivity contribution >= 4 is 11.6 Å². The van der Waals surface area contributed by atoms with Gasteiger partial charge in [0, 0.05) is 29.2 Å². The molecule has 1 amide bonds. The Kier molecular flexibility index (Phi) is 4.02. The molecule has 0 fully saturated rings. The first-order valence-corrected chi connectivity index (χ1v) is 6.38. The molecule has 1 atom stereocenters. The second kappa shape index (κ2) is 5.73. The molecule has 2 aromatic rings. The van der Waals surface area contributed by atoms with Crippen LogP contribution in [-0.2, 0) is 0 Å². The van der Waals surface area contributed by atoms with Crippen LogP contribution in [-0.4, -0.2) is 15.9 Å². The molecule has 0 radical (unpaired) electrons. The van der Waals surface area contributed by atoms with Crippen LogP contribution in [0.5, 0.6) is 0 Å². The number of nitrogens with zero attached hydrogens (tertiary/aromatic N) is 1. The zero-order valence-corrected chi connectivity index (χ0v) is 11.4. The quantitative estimate of drug-likeness (QED) is 0.749. The second-order valence-corrected chi connectivity index (χ2v) is 4.58.